The summed E-state index contributed by atoms with van der Waals surface area (Å²) in [5.41, 5.74) is 30.5. The molecule has 13 rings (SSSR count). The van der Waals surface area contributed by atoms with Gasteiger partial charge in [0.1, 0.15) is 0 Å². The standard InChI is InChI=1S/C67H68BN/c1-11-13-21-40-29-31-44(47(35-40)42-23-16-15-17-24-42)57-58-51-38-54-55(65(5,6)34-33-64(54,3)4)39-53(51)67(9,10)63(58)68-61-50(37-49-43-25-18-19-28-52(43)66(7,8)60(49)59(57)61)46-27-20-26-45-48-36-41(22-14-12-2)30-32-56(48)69(68)62(45)46/h15-20,23-32,35-39,57H,11-14,21-22,33-34H2,1-10H3. The van der Waals surface area contributed by atoms with Gasteiger partial charge < -0.3 is 4.48 Å². The summed E-state index contributed by atoms with van der Waals surface area (Å²) in [7, 11) is 0. The highest BCUT2D eigenvalue weighted by atomic mass is 14.9. The highest BCUT2D eigenvalue weighted by Gasteiger charge is 2.57. The van der Waals surface area contributed by atoms with Crippen molar-refractivity contribution in [3.63, 3.8) is 0 Å². The van der Waals surface area contributed by atoms with Crippen molar-refractivity contribution in [1.82, 2.24) is 4.48 Å². The van der Waals surface area contributed by atoms with Crippen molar-refractivity contribution in [3.8, 4) is 33.4 Å². The van der Waals surface area contributed by atoms with Gasteiger partial charge in [-0.05, 0) is 162 Å². The maximum Gasteiger partial charge on any atom is 0.326 e. The van der Waals surface area contributed by atoms with E-state index in [1.54, 1.807) is 27.7 Å². The second-order valence-corrected chi connectivity index (χ2v) is 24.3. The highest BCUT2D eigenvalue weighted by molar-refractivity contribution is 6.84. The summed E-state index contributed by atoms with van der Waals surface area (Å²) in [6, 6.07) is 51.5. The number of aryl methyl sites for hydroxylation is 2. The molecule has 344 valence electrons. The van der Waals surface area contributed by atoms with Crippen molar-refractivity contribution in [1.29, 1.82) is 0 Å². The van der Waals surface area contributed by atoms with Crippen LogP contribution < -0.4 is 5.46 Å². The number of benzene rings is 7. The molecular weight excluding hydrogens is 830 g/mol. The van der Waals surface area contributed by atoms with E-state index in [-0.39, 0.29) is 34.4 Å². The predicted molar refractivity (Wildman–Crippen MR) is 296 cm³/mol. The predicted octanol–water partition coefficient (Wildman–Crippen LogP) is 17.0. The third kappa shape index (κ3) is 5.84. The summed E-state index contributed by atoms with van der Waals surface area (Å²) >= 11 is 0. The van der Waals surface area contributed by atoms with Gasteiger partial charge in [-0.15, -0.1) is 0 Å². The van der Waals surface area contributed by atoms with E-state index in [0.717, 1.165) is 12.8 Å². The molecule has 1 unspecified atom stereocenters. The zero-order chi connectivity index (χ0) is 47.5. The smallest absolute Gasteiger partial charge is 0.326 e. The number of rotatable bonds is 8. The molecule has 1 atom stereocenters. The van der Waals surface area contributed by atoms with Gasteiger partial charge in [0.15, 0.2) is 0 Å². The van der Waals surface area contributed by atoms with Crippen LogP contribution in [0.2, 0.25) is 0 Å². The van der Waals surface area contributed by atoms with Crippen molar-refractivity contribution in [2.24, 2.45) is 0 Å². The van der Waals surface area contributed by atoms with Gasteiger partial charge in [0.25, 0.3) is 0 Å². The van der Waals surface area contributed by atoms with E-state index < -0.39 is 0 Å². The third-order valence-electron chi connectivity index (χ3n) is 18.6. The molecule has 0 bridgehead atoms. The first-order chi connectivity index (χ1) is 33.2. The van der Waals surface area contributed by atoms with Gasteiger partial charge in [-0.3, -0.25) is 0 Å². The fourth-order valence-corrected chi connectivity index (χ4v) is 14.9. The second-order valence-electron chi connectivity index (χ2n) is 24.3. The van der Waals surface area contributed by atoms with Gasteiger partial charge in [0.2, 0.25) is 0 Å². The number of allylic oxidation sites excluding steroid dienone is 2. The molecule has 7 aromatic carbocycles. The van der Waals surface area contributed by atoms with Crippen LogP contribution in [-0.4, -0.2) is 11.3 Å². The minimum absolute atomic E-state index is 0.00508. The van der Waals surface area contributed by atoms with E-state index in [4.69, 9.17) is 0 Å². The number of hydrogen-bond donors (Lipinski definition) is 0. The van der Waals surface area contributed by atoms with Crippen LogP contribution in [0.5, 0.6) is 0 Å². The van der Waals surface area contributed by atoms with Crippen molar-refractivity contribution < 1.29 is 0 Å². The lowest BCUT2D eigenvalue weighted by Gasteiger charge is -2.44. The molecule has 3 aliphatic carbocycles. The van der Waals surface area contributed by atoms with Crippen molar-refractivity contribution >= 4 is 39.7 Å². The zero-order valence-electron chi connectivity index (χ0n) is 42.9. The SMILES string of the molecule is CCCCc1ccc(C2C3=C(B4c5c(cc6c(c52)C(C)(C)c2ccccc2-6)-c2cccc5c6cc(CCCC)ccc6n4c25)C(C)(C)c2cc4c(cc23)C(C)(C)CCC4(C)C)c(-c2ccccc2)c1. The van der Waals surface area contributed by atoms with Gasteiger partial charge in [0, 0.05) is 44.1 Å². The maximum atomic E-state index is 2.87. The Morgan fingerprint density at radius 3 is 1.93 bits per heavy atom. The molecule has 8 aromatic rings. The monoisotopic (exact) mass is 898 g/mol. The van der Waals surface area contributed by atoms with E-state index in [0.29, 0.717) is 0 Å². The lowest BCUT2D eigenvalue weighted by molar-refractivity contribution is 0.331. The number of fused-ring (bicyclic) bond motifs is 13. The minimum atomic E-state index is -0.253. The van der Waals surface area contributed by atoms with E-state index in [9.17, 15) is 0 Å². The molecule has 1 nitrogen and oxygen atoms in total. The number of aromatic nitrogens is 1. The molecule has 2 heteroatoms. The van der Waals surface area contributed by atoms with Crippen LogP contribution in [-0.2, 0) is 34.5 Å². The van der Waals surface area contributed by atoms with Crippen LogP contribution in [0.25, 0.3) is 60.8 Å². The first-order valence-electron chi connectivity index (χ1n) is 26.7. The number of para-hydroxylation sites is 1. The molecule has 0 saturated carbocycles. The van der Waals surface area contributed by atoms with Crippen molar-refractivity contribution in [2.75, 3.05) is 0 Å². The van der Waals surface area contributed by atoms with Gasteiger partial charge in [0.05, 0.1) is 0 Å². The molecule has 69 heavy (non-hydrogen) atoms. The molecule has 0 spiro atoms. The third-order valence-corrected chi connectivity index (χ3v) is 18.6. The average molecular weight is 898 g/mol. The number of nitrogens with zero attached hydrogens (tertiary/aromatic N) is 1. The molecule has 5 aliphatic rings. The molecule has 0 saturated heterocycles. The topological polar surface area (TPSA) is 4.93 Å². The summed E-state index contributed by atoms with van der Waals surface area (Å²) in [6.07, 6.45) is 9.40. The molecule has 0 radical (unpaired) electrons. The normalized spacial score (nSPS) is 19.0. The fourth-order valence-electron chi connectivity index (χ4n) is 14.9. The molecule has 2 aliphatic heterocycles. The Morgan fingerprint density at radius 1 is 0.522 bits per heavy atom. The molecular formula is C67H68BN. The van der Waals surface area contributed by atoms with Gasteiger partial charge in [-0.1, -0.05) is 197 Å². The zero-order valence-corrected chi connectivity index (χ0v) is 42.9. The summed E-state index contributed by atoms with van der Waals surface area (Å²) in [4.78, 5) is 0. The number of unbranched alkanes of at least 4 members (excludes halogenated alkanes) is 2. The second kappa shape index (κ2) is 14.8. The molecule has 3 heterocycles. The van der Waals surface area contributed by atoms with Crippen LogP contribution in [0.3, 0.4) is 0 Å². The highest BCUT2D eigenvalue weighted by Crippen LogP contribution is 2.64. The summed E-state index contributed by atoms with van der Waals surface area (Å²) in [5, 5.41) is 2.79. The van der Waals surface area contributed by atoms with Crippen LogP contribution >= 0.6 is 0 Å². The Balaban J connectivity index is 1.23. The Kier molecular flexibility index (Phi) is 9.29. The molecule has 0 N–H and O–H groups in total. The van der Waals surface area contributed by atoms with Gasteiger partial charge in [-0.2, -0.15) is 0 Å². The van der Waals surface area contributed by atoms with E-state index in [1.165, 1.54) is 138 Å². The van der Waals surface area contributed by atoms with Crippen molar-refractivity contribution in [2.45, 2.75) is 148 Å². The van der Waals surface area contributed by atoms with Gasteiger partial charge in [-0.25, -0.2) is 0 Å². The number of hydrogen-bond acceptors (Lipinski definition) is 0. The molecule has 0 fully saturated rings. The largest absolute Gasteiger partial charge is 0.376 e. The van der Waals surface area contributed by atoms with Crippen LogP contribution in [0.1, 0.15) is 169 Å². The Hall–Kier alpha value is -5.86. The quantitative estimate of drug-likeness (QED) is 0.134. The molecule has 0 amide bonds. The van der Waals surface area contributed by atoms with Crippen LogP contribution in [0, 0.1) is 0 Å². The summed E-state index contributed by atoms with van der Waals surface area (Å²) in [5.74, 6) is 0.00508. The van der Waals surface area contributed by atoms with Crippen molar-refractivity contribution in [3.05, 3.63) is 189 Å². The van der Waals surface area contributed by atoms with Crippen LogP contribution in [0.15, 0.2) is 133 Å². The van der Waals surface area contributed by atoms with E-state index >= 15 is 0 Å². The lowest BCUT2D eigenvalue weighted by Crippen LogP contribution is -2.52. The van der Waals surface area contributed by atoms with Gasteiger partial charge >= 0.3 is 6.85 Å². The first-order valence-corrected chi connectivity index (χ1v) is 26.7. The van der Waals surface area contributed by atoms with E-state index in [1.807, 2.05) is 0 Å². The van der Waals surface area contributed by atoms with E-state index in [2.05, 4.69) is 201 Å². The minimum Gasteiger partial charge on any atom is -0.376 e. The lowest BCUT2D eigenvalue weighted by atomic mass is 9.37. The Morgan fingerprint density at radius 2 is 1.19 bits per heavy atom. The summed E-state index contributed by atoms with van der Waals surface area (Å²) < 4.78 is 2.87. The van der Waals surface area contributed by atoms with Crippen LogP contribution in [0.4, 0.5) is 0 Å². The Bertz CT molecular complexity index is 3530. The first kappa shape index (κ1) is 43.2. The fraction of sp³-hybridized carbons (Fsp3) is 0.343. The average Bonchev–Trinajstić information content (AvgIpc) is 3.89. The Labute approximate surface area is 412 Å². The summed E-state index contributed by atoms with van der Waals surface area (Å²) in [6.45, 7) is 25.0. The maximum absolute atomic E-state index is 2.87. The molecule has 1 aromatic heterocycles.